The number of nitrogens with zero attached hydrogens (tertiary/aromatic N) is 4. The van der Waals surface area contributed by atoms with E-state index >= 15 is 0 Å². The van der Waals surface area contributed by atoms with E-state index in [-0.39, 0.29) is 16.7 Å². The quantitative estimate of drug-likeness (QED) is 0.849. The SMILES string of the molecule is FC(F)(F)c1cc(Cl)ccc1Nc1nncc(N2CCCCCC2)n1. The summed E-state index contributed by atoms with van der Waals surface area (Å²) in [6.07, 6.45) is 1.44. The maximum Gasteiger partial charge on any atom is 0.418 e. The molecule has 0 aliphatic carbocycles. The van der Waals surface area contributed by atoms with E-state index in [9.17, 15) is 13.2 Å². The largest absolute Gasteiger partial charge is 0.418 e. The van der Waals surface area contributed by atoms with Gasteiger partial charge in [-0.3, -0.25) is 0 Å². The van der Waals surface area contributed by atoms with Gasteiger partial charge in [-0.25, -0.2) is 0 Å². The minimum absolute atomic E-state index is 0.00948. The molecular weight excluding hydrogens is 355 g/mol. The number of hydrogen-bond donors (Lipinski definition) is 1. The van der Waals surface area contributed by atoms with E-state index in [1.54, 1.807) is 0 Å². The van der Waals surface area contributed by atoms with Crippen LogP contribution in [-0.2, 0) is 6.18 Å². The van der Waals surface area contributed by atoms with Gasteiger partial charge in [0.25, 0.3) is 0 Å². The zero-order chi connectivity index (χ0) is 17.9. The van der Waals surface area contributed by atoms with Gasteiger partial charge in [0.05, 0.1) is 17.4 Å². The Bertz CT molecular complexity index is 730. The summed E-state index contributed by atoms with van der Waals surface area (Å²) in [7, 11) is 0. The van der Waals surface area contributed by atoms with Crippen LogP contribution < -0.4 is 10.2 Å². The zero-order valence-electron chi connectivity index (χ0n) is 13.4. The molecule has 9 heteroatoms. The Balaban J connectivity index is 1.85. The minimum Gasteiger partial charge on any atom is -0.355 e. The molecule has 1 N–H and O–H groups in total. The molecule has 0 amide bonds. The Hall–Kier alpha value is -2.09. The van der Waals surface area contributed by atoms with Crippen LogP contribution in [0, 0.1) is 0 Å². The number of halogens is 4. The molecule has 1 aliphatic rings. The van der Waals surface area contributed by atoms with Crippen molar-refractivity contribution in [3.63, 3.8) is 0 Å². The highest BCUT2D eigenvalue weighted by atomic mass is 35.5. The fraction of sp³-hybridized carbons (Fsp3) is 0.438. The topological polar surface area (TPSA) is 53.9 Å². The Morgan fingerprint density at radius 1 is 1.08 bits per heavy atom. The third-order valence-corrected chi connectivity index (χ3v) is 4.24. The summed E-state index contributed by atoms with van der Waals surface area (Å²) >= 11 is 5.69. The molecule has 1 aromatic carbocycles. The Morgan fingerprint density at radius 2 is 1.80 bits per heavy atom. The van der Waals surface area contributed by atoms with Crippen molar-refractivity contribution in [1.29, 1.82) is 0 Å². The lowest BCUT2D eigenvalue weighted by Crippen LogP contribution is -2.25. The van der Waals surface area contributed by atoms with Crippen LogP contribution in [0.5, 0.6) is 0 Å². The minimum atomic E-state index is -4.54. The van der Waals surface area contributed by atoms with Gasteiger partial charge in [-0.1, -0.05) is 24.4 Å². The van der Waals surface area contributed by atoms with Crippen molar-refractivity contribution in [3.8, 4) is 0 Å². The van der Waals surface area contributed by atoms with Crippen molar-refractivity contribution in [2.24, 2.45) is 0 Å². The van der Waals surface area contributed by atoms with Crippen molar-refractivity contribution < 1.29 is 13.2 Å². The zero-order valence-corrected chi connectivity index (χ0v) is 14.1. The number of hydrogen-bond acceptors (Lipinski definition) is 5. The Morgan fingerprint density at radius 3 is 2.48 bits per heavy atom. The first kappa shape index (κ1) is 17.7. The summed E-state index contributed by atoms with van der Waals surface area (Å²) in [6.45, 7) is 1.71. The molecule has 3 rings (SSSR count). The fourth-order valence-electron chi connectivity index (χ4n) is 2.78. The van der Waals surface area contributed by atoms with Crippen molar-refractivity contribution in [1.82, 2.24) is 15.2 Å². The van der Waals surface area contributed by atoms with Crippen LogP contribution in [-0.4, -0.2) is 28.3 Å². The van der Waals surface area contributed by atoms with E-state index in [1.165, 1.54) is 31.2 Å². The molecular formula is C16H17ClF3N5. The molecule has 0 spiro atoms. The lowest BCUT2D eigenvalue weighted by molar-refractivity contribution is -0.136. The Kier molecular flexibility index (Phi) is 5.27. The van der Waals surface area contributed by atoms with Crippen molar-refractivity contribution in [3.05, 3.63) is 35.0 Å². The predicted octanol–water partition coefficient (Wildman–Crippen LogP) is 4.67. The molecule has 1 fully saturated rings. The van der Waals surface area contributed by atoms with E-state index in [0.29, 0.717) is 5.82 Å². The first-order valence-electron chi connectivity index (χ1n) is 8.02. The first-order valence-corrected chi connectivity index (χ1v) is 8.40. The summed E-state index contributed by atoms with van der Waals surface area (Å²) in [4.78, 5) is 6.40. The van der Waals surface area contributed by atoms with Gasteiger partial charge in [0.2, 0.25) is 5.95 Å². The second-order valence-electron chi connectivity index (χ2n) is 5.85. The highest BCUT2D eigenvalue weighted by Crippen LogP contribution is 2.37. The van der Waals surface area contributed by atoms with Crippen LogP contribution in [0.15, 0.2) is 24.4 Å². The summed E-state index contributed by atoms with van der Waals surface area (Å²) < 4.78 is 39.5. The van der Waals surface area contributed by atoms with Crippen molar-refractivity contribution in [2.75, 3.05) is 23.3 Å². The van der Waals surface area contributed by atoms with Gasteiger partial charge in [-0.15, -0.1) is 5.10 Å². The molecule has 1 aromatic heterocycles. The van der Waals surface area contributed by atoms with E-state index in [0.717, 1.165) is 32.0 Å². The number of aromatic nitrogens is 3. The summed E-state index contributed by atoms with van der Waals surface area (Å²) in [5.74, 6) is 0.636. The van der Waals surface area contributed by atoms with Crippen LogP contribution in [0.25, 0.3) is 0 Å². The third kappa shape index (κ3) is 4.50. The van der Waals surface area contributed by atoms with E-state index < -0.39 is 11.7 Å². The van der Waals surface area contributed by atoms with Crippen molar-refractivity contribution >= 4 is 29.1 Å². The predicted molar refractivity (Wildman–Crippen MR) is 90.2 cm³/mol. The molecule has 0 radical (unpaired) electrons. The molecule has 2 heterocycles. The van der Waals surface area contributed by atoms with Gasteiger partial charge in [-0.2, -0.15) is 23.3 Å². The second-order valence-corrected chi connectivity index (χ2v) is 6.29. The highest BCUT2D eigenvalue weighted by Gasteiger charge is 2.34. The molecule has 0 atom stereocenters. The number of rotatable bonds is 3. The molecule has 2 aromatic rings. The molecule has 134 valence electrons. The lowest BCUT2D eigenvalue weighted by atomic mass is 10.1. The van der Waals surface area contributed by atoms with Crippen LogP contribution >= 0.6 is 11.6 Å². The van der Waals surface area contributed by atoms with Crippen molar-refractivity contribution in [2.45, 2.75) is 31.9 Å². The summed E-state index contributed by atoms with van der Waals surface area (Å²) in [5.41, 5.74) is -1.03. The number of alkyl halides is 3. The summed E-state index contributed by atoms with van der Waals surface area (Å²) in [5, 5.41) is 10.3. The molecule has 25 heavy (non-hydrogen) atoms. The maximum absolute atomic E-state index is 13.2. The Labute approximate surface area is 148 Å². The number of nitrogens with one attached hydrogen (secondary N) is 1. The van der Waals surface area contributed by atoms with Gasteiger partial charge in [0, 0.05) is 18.1 Å². The molecule has 1 aliphatic heterocycles. The molecule has 0 bridgehead atoms. The number of benzene rings is 1. The normalized spacial score (nSPS) is 15.8. The van der Waals surface area contributed by atoms with Crippen LogP contribution in [0.2, 0.25) is 5.02 Å². The fourth-order valence-corrected chi connectivity index (χ4v) is 2.95. The van der Waals surface area contributed by atoms with Crippen LogP contribution in [0.1, 0.15) is 31.2 Å². The molecule has 0 unspecified atom stereocenters. The summed E-state index contributed by atoms with van der Waals surface area (Å²) in [6, 6.07) is 3.51. The van der Waals surface area contributed by atoms with Gasteiger partial charge >= 0.3 is 6.18 Å². The maximum atomic E-state index is 13.2. The second kappa shape index (κ2) is 7.43. The lowest BCUT2D eigenvalue weighted by Gasteiger charge is -2.21. The van der Waals surface area contributed by atoms with Crippen LogP contribution in [0.4, 0.5) is 30.6 Å². The van der Waals surface area contributed by atoms with E-state index in [4.69, 9.17) is 11.6 Å². The van der Waals surface area contributed by atoms with Crippen LogP contribution in [0.3, 0.4) is 0 Å². The average Bonchev–Trinajstić information content (AvgIpc) is 2.85. The van der Waals surface area contributed by atoms with E-state index in [1.807, 2.05) is 0 Å². The average molecular weight is 372 g/mol. The smallest absolute Gasteiger partial charge is 0.355 e. The first-order chi connectivity index (χ1) is 11.9. The van der Waals surface area contributed by atoms with Gasteiger partial charge in [-0.05, 0) is 31.0 Å². The molecule has 5 nitrogen and oxygen atoms in total. The van der Waals surface area contributed by atoms with E-state index in [2.05, 4.69) is 25.4 Å². The van der Waals surface area contributed by atoms with Gasteiger partial charge < -0.3 is 10.2 Å². The van der Waals surface area contributed by atoms with Gasteiger partial charge in [0.15, 0.2) is 5.82 Å². The molecule has 1 saturated heterocycles. The standard InChI is InChI=1S/C16H17ClF3N5/c17-11-5-6-13(12(9-11)16(18,19)20)22-15-23-14(10-21-24-15)25-7-3-1-2-4-8-25/h5-6,9-10H,1-4,7-8H2,(H,22,23,24). The highest BCUT2D eigenvalue weighted by molar-refractivity contribution is 6.30. The number of anilines is 3. The monoisotopic (exact) mass is 371 g/mol. The molecule has 0 saturated carbocycles. The van der Waals surface area contributed by atoms with Gasteiger partial charge in [0.1, 0.15) is 0 Å². The third-order valence-electron chi connectivity index (χ3n) is 4.01.